The number of nitrogens with zero attached hydrogens (tertiary/aromatic N) is 1. The van der Waals surface area contributed by atoms with Crippen molar-refractivity contribution in [2.75, 3.05) is 12.4 Å². The van der Waals surface area contributed by atoms with E-state index in [9.17, 15) is 13.2 Å². The van der Waals surface area contributed by atoms with Crippen molar-refractivity contribution >= 4 is 44.0 Å². The van der Waals surface area contributed by atoms with Gasteiger partial charge in [0.2, 0.25) is 10.0 Å². The highest BCUT2D eigenvalue weighted by Crippen LogP contribution is 2.31. The molecule has 2 N–H and O–H groups in total. The summed E-state index contributed by atoms with van der Waals surface area (Å²) in [6, 6.07) is 11.7. The van der Waals surface area contributed by atoms with Crippen LogP contribution in [-0.4, -0.2) is 26.4 Å². The van der Waals surface area contributed by atoms with Crippen molar-refractivity contribution in [1.82, 2.24) is 9.71 Å². The second-order valence-corrected chi connectivity index (χ2v) is 9.60. The first-order valence-corrected chi connectivity index (χ1v) is 11.0. The van der Waals surface area contributed by atoms with E-state index < -0.39 is 15.9 Å². The monoisotopic (exact) mass is 435 g/mol. The number of hydrogen-bond donors (Lipinski definition) is 2. The Morgan fingerprint density at radius 3 is 2.43 bits per heavy atom. The third kappa shape index (κ3) is 4.25. The SMILES string of the molecule is CNS(=O)(=O)c1ccc(C)c(C(=O)Nc2nc(-c3ccc(Cl)cc3)c(C)s2)c1. The predicted octanol–water partition coefficient (Wildman–Crippen LogP) is 4.24. The number of carbonyl (C=O) groups excluding carboxylic acids is 1. The van der Waals surface area contributed by atoms with E-state index in [-0.39, 0.29) is 10.5 Å². The van der Waals surface area contributed by atoms with Crippen LogP contribution in [0.25, 0.3) is 11.3 Å². The highest BCUT2D eigenvalue weighted by Gasteiger charge is 2.18. The molecule has 0 bridgehead atoms. The summed E-state index contributed by atoms with van der Waals surface area (Å²) in [6.07, 6.45) is 0. The number of anilines is 1. The van der Waals surface area contributed by atoms with Crippen molar-refractivity contribution in [3.05, 3.63) is 63.5 Å². The lowest BCUT2D eigenvalue weighted by Crippen LogP contribution is -2.20. The summed E-state index contributed by atoms with van der Waals surface area (Å²) in [5.41, 5.74) is 2.60. The number of rotatable bonds is 5. The molecule has 3 rings (SSSR count). The molecule has 6 nitrogen and oxygen atoms in total. The minimum absolute atomic E-state index is 0.0305. The second-order valence-electron chi connectivity index (χ2n) is 6.07. The van der Waals surface area contributed by atoms with Gasteiger partial charge in [0.05, 0.1) is 10.6 Å². The molecule has 0 aliphatic rings. The Labute approximate surface area is 172 Å². The van der Waals surface area contributed by atoms with E-state index in [4.69, 9.17) is 11.6 Å². The Kier molecular flexibility index (Phi) is 5.85. The van der Waals surface area contributed by atoms with Gasteiger partial charge in [0, 0.05) is 21.0 Å². The second kappa shape index (κ2) is 8.00. The normalized spacial score (nSPS) is 11.4. The van der Waals surface area contributed by atoms with E-state index in [1.807, 2.05) is 19.1 Å². The van der Waals surface area contributed by atoms with E-state index in [0.29, 0.717) is 15.7 Å². The van der Waals surface area contributed by atoms with Gasteiger partial charge < -0.3 is 0 Å². The fourth-order valence-electron chi connectivity index (χ4n) is 2.62. The Morgan fingerprint density at radius 1 is 1.11 bits per heavy atom. The minimum atomic E-state index is -3.64. The lowest BCUT2D eigenvalue weighted by Gasteiger charge is -2.08. The smallest absolute Gasteiger partial charge is 0.257 e. The van der Waals surface area contributed by atoms with E-state index in [1.165, 1.54) is 30.5 Å². The summed E-state index contributed by atoms with van der Waals surface area (Å²) in [4.78, 5) is 18.2. The summed E-state index contributed by atoms with van der Waals surface area (Å²) in [7, 11) is -2.31. The molecule has 0 radical (unpaired) electrons. The number of aryl methyl sites for hydroxylation is 2. The third-order valence-electron chi connectivity index (χ3n) is 4.17. The van der Waals surface area contributed by atoms with E-state index in [1.54, 1.807) is 25.1 Å². The molecular weight excluding hydrogens is 418 g/mol. The summed E-state index contributed by atoms with van der Waals surface area (Å²) in [5.74, 6) is -0.415. The molecular formula is C19H18ClN3O3S2. The maximum absolute atomic E-state index is 12.7. The molecule has 9 heteroatoms. The lowest BCUT2D eigenvalue weighted by molar-refractivity contribution is 0.102. The first-order valence-electron chi connectivity index (χ1n) is 8.30. The van der Waals surface area contributed by atoms with Crippen LogP contribution in [-0.2, 0) is 10.0 Å². The van der Waals surface area contributed by atoms with Gasteiger partial charge in [-0.05, 0) is 50.7 Å². The molecule has 0 fully saturated rings. The molecule has 3 aromatic rings. The number of halogens is 1. The standard InChI is InChI=1S/C19H18ClN3O3S2/c1-11-4-9-15(28(25,26)21-3)10-16(11)18(24)23-19-22-17(12(2)27-19)13-5-7-14(20)8-6-13/h4-10,21H,1-3H3,(H,22,23,24). The molecule has 1 amide bonds. The van der Waals surface area contributed by atoms with Gasteiger partial charge >= 0.3 is 0 Å². The zero-order valence-corrected chi connectivity index (χ0v) is 17.8. The van der Waals surface area contributed by atoms with Gasteiger partial charge in [-0.15, -0.1) is 11.3 Å². The molecule has 1 heterocycles. The molecule has 146 valence electrons. The largest absolute Gasteiger partial charge is 0.298 e. The number of carbonyl (C=O) groups is 1. The molecule has 1 aromatic heterocycles. The number of thiazole rings is 1. The average molecular weight is 436 g/mol. The van der Waals surface area contributed by atoms with Gasteiger partial charge in [-0.1, -0.05) is 29.8 Å². The molecule has 0 saturated carbocycles. The number of benzene rings is 2. The Balaban J connectivity index is 1.89. The Morgan fingerprint density at radius 2 is 1.79 bits per heavy atom. The van der Waals surface area contributed by atoms with Gasteiger partial charge in [-0.25, -0.2) is 18.1 Å². The van der Waals surface area contributed by atoms with Gasteiger partial charge in [0.1, 0.15) is 0 Å². The zero-order chi connectivity index (χ0) is 20.5. The van der Waals surface area contributed by atoms with Gasteiger partial charge in [0.25, 0.3) is 5.91 Å². The van der Waals surface area contributed by atoms with Crippen LogP contribution in [0.2, 0.25) is 5.02 Å². The maximum Gasteiger partial charge on any atom is 0.257 e. The third-order valence-corrected chi connectivity index (χ3v) is 6.72. The highest BCUT2D eigenvalue weighted by molar-refractivity contribution is 7.89. The van der Waals surface area contributed by atoms with Crippen molar-refractivity contribution < 1.29 is 13.2 Å². The topological polar surface area (TPSA) is 88.2 Å². The average Bonchev–Trinajstić information content (AvgIpc) is 3.02. The predicted molar refractivity (Wildman–Crippen MR) is 113 cm³/mol. The van der Waals surface area contributed by atoms with Crippen LogP contribution in [0.15, 0.2) is 47.4 Å². The molecule has 0 aliphatic carbocycles. The zero-order valence-electron chi connectivity index (χ0n) is 15.4. The number of hydrogen-bond acceptors (Lipinski definition) is 5. The first kappa shape index (κ1) is 20.5. The molecule has 2 aromatic carbocycles. The summed E-state index contributed by atoms with van der Waals surface area (Å²) >= 11 is 7.28. The number of amides is 1. The molecule has 0 spiro atoms. The van der Waals surface area contributed by atoms with Crippen molar-refractivity contribution in [2.24, 2.45) is 0 Å². The van der Waals surface area contributed by atoms with Crippen molar-refractivity contribution in [3.63, 3.8) is 0 Å². The Bertz CT molecular complexity index is 1140. The lowest BCUT2D eigenvalue weighted by atomic mass is 10.1. The van der Waals surface area contributed by atoms with Gasteiger partial charge in [0.15, 0.2) is 5.13 Å². The van der Waals surface area contributed by atoms with Crippen LogP contribution in [0, 0.1) is 13.8 Å². The van der Waals surface area contributed by atoms with Crippen LogP contribution < -0.4 is 10.0 Å². The van der Waals surface area contributed by atoms with Crippen LogP contribution in [0.5, 0.6) is 0 Å². The number of aromatic nitrogens is 1. The minimum Gasteiger partial charge on any atom is -0.298 e. The summed E-state index contributed by atoms with van der Waals surface area (Å²) < 4.78 is 26.3. The fraction of sp³-hybridized carbons (Fsp3) is 0.158. The number of sulfonamides is 1. The van der Waals surface area contributed by atoms with Crippen molar-refractivity contribution in [1.29, 1.82) is 0 Å². The Hall–Kier alpha value is -2.26. The molecule has 0 aliphatic heterocycles. The number of nitrogens with one attached hydrogen (secondary N) is 2. The van der Waals surface area contributed by atoms with Crippen molar-refractivity contribution in [2.45, 2.75) is 18.7 Å². The van der Waals surface area contributed by atoms with Crippen molar-refractivity contribution in [3.8, 4) is 11.3 Å². The van der Waals surface area contributed by atoms with Gasteiger partial charge in [-0.2, -0.15) is 0 Å². The molecule has 0 unspecified atom stereocenters. The van der Waals surface area contributed by atoms with E-state index >= 15 is 0 Å². The molecule has 28 heavy (non-hydrogen) atoms. The maximum atomic E-state index is 12.7. The molecule has 0 atom stereocenters. The summed E-state index contributed by atoms with van der Waals surface area (Å²) in [6.45, 7) is 3.67. The van der Waals surface area contributed by atoms with Crippen LogP contribution in [0.1, 0.15) is 20.8 Å². The van der Waals surface area contributed by atoms with Crippen LogP contribution >= 0.6 is 22.9 Å². The van der Waals surface area contributed by atoms with Crippen LogP contribution in [0.4, 0.5) is 5.13 Å². The highest BCUT2D eigenvalue weighted by atomic mass is 35.5. The van der Waals surface area contributed by atoms with Crippen LogP contribution in [0.3, 0.4) is 0 Å². The van der Waals surface area contributed by atoms with Gasteiger partial charge in [-0.3, -0.25) is 10.1 Å². The quantitative estimate of drug-likeness (QED) is 0.627. The molecule has 0 saturated heterocycles. The fourth-order valence-corrected chi connectivity index (χ4v) is 4.33. The van der Waals surface area contributed by atoms with E-state index in [2.05, 4.69) is 15.0 Å². The summed E-state index contributed by atoms with van der Waals surface area (Å²) in [5, 5.41) is 3.84. The first-order chi connectivity index (χ1) is 13.2. The van der Waals surface area contributed by atoms with E-state index in [0.717, 1.165) is 16.1 Å².